The highest BCUT2D eigenvalue weighted by atomic mass is 16.5. The first-order valence-electron chi connectivity index (χ1n) is 10.2. The lowest BCUT2D eigenvalue weighted by atomic mass is 9.71. The van der Waals surface area contributed by atoms with Crippen LogP contribution in [0, 0.1) is 0 Å². The number of ketones is 1. The standard InChI is InChI=1S/C24H29NO2/c1-27-21-11-12-22-20(18-21)13-15-24(23(22)26)14-5-6-16-25(24)17-7-10-19-8-3-2-4-9-19/h2-4,8-9,11-12,18H,5-7,10,13-17H2,1H3. The van der Waals surface area contributed by atoms with E-state index in [-0.39, 0.29) is 5.54 Å². The number of ether oxygens (including phenoxy) is 1. The van der Waals surface area contributed by atoms with Crippen LogP contribution >= 0.6 is 0 Å². The summed E-state index contributed by atoms with van der Waals surface area (Å²) in [6, 6.07) is 16.6. The average molecular weight is 364 g/mol. The van der Waals surface area contributed by atoms with Crippen molar-refractivity contribution in [1.82, 2.24) is 4.90 Å². The maximum Gasteiger partial charge on any atom is 0.183 e. The van der Waals surface area contributed by atoms with Gasteiger partial charge in [0.1, 0.15) is 5.75 Å². The lowest BCUT2D eigenvalue weighted by molar-refractivity contribution is 0.0288. The van der Waals surface area contributed by atoms with Crippen LogP contribution in [0.1, 0.15) is 53.6 Å². The molecule has 0 N–H and O–H groups in total. The van der Waals surface area contributed by atoms with Gasteiger partial charge in [0.25, 0.3) is 0 Å². The van der Waals surface area contributed by atoms with E-state index in [9.17, 15) is 4.79 Å². The van der Waals surface area contributed by atoms with Gasteiger partial charge in [-0.25, -0.2) is 0 Å². The van der Waals surface area contributed by atoms with Gasteiger partial charge in [0.2, 0.25) is 0 Å². The first kappa shape index (κ1) is 18.2. The van der Waals surface area contributed by atoms with Gasteiger partial charge >= 0.3 is 0 Å². The number of likely N-dealkylation sites (tertiary alicyclic amines) is 1. The minimum atomic E-state index is -0.281. The first-order chi connectivity index (χ1) is 13.2. The zero-order valence-corrected chi connectivity index (χ0v) is 16.2. The molecule has 1 heterocycles. The van der Waals surface area contributed by atoms with Crippen LogP contribution in [0.25, 0.3) is 0 Å². The highest BCUT2D eigenvalue weighted by molar-refractivity contribution is 6.05. The summed E-state index contributed by atoms with van der Waals surface area (Å²) in [6.45, 7) is 2.05. The Morgan fingerprint density at radius 3 is 2.74 bits per heavy atom. The number of piperidine rings is 1. The molecule has 1 atom stereocenters. The quantitative estimate of drug-likeness (QED) is 0.772. The van der Waals surface area contributed by atoms with Gasteiger partial charge in [-0.2, -0.15) is 0 Å². The van der Waals surface area contributed by atoms with Crippen molar-refractivity contribution in [1.29, 1.82) is 0 Å². The van der Waals surface area contributed by atoms with Crippen molar-refractivity contribution in [3.8, 4) is 5.75 Å². The molecule has 142 valence electrons. The summed E-state index contributed by atoms with van der Waals surface area (Å²) < 4.78 is 5.35. The summed E-state index contributed by atoms with van der Waals surface area (Å²) in [5.41, 5.74) is 3.17. The molecule has 3 heteroatoms. The maximum absolute atomic E-state index is 13.6. The van der Waals surface area contributed by atoms with Crippen molar-refractivity contribution in [2.24, 2.45) is 0 Å². The molecule has 0 radical (unpaired) electrons. The summed E-state index contributed by atoms with van der Waals surface area (Å²) in [6.07, 6.45) is 7.46. The largest absolute Gasteiger partial charge is 0.497 e. The molecule has 1 saturated heterocycles. The number of hydrogen-bond donors (Lipinski definition) is 0. The molecule has 0 aromatic heterocycles. The van der Waals surface area contributed by atoms with Crippen LogP contribution in [-0.4, -0.2) is 36.4 Å². The molecule has 3 nitrogen and oxygen atoms in total. The van der Waals surface area contributed by atoms with Gasteiger partial charge in [-0.05, 0) is 87.4 Å². The molecule has 1 spiro atoms. The number of methoxy groups -OCH3 is 1. The second kappa shape index (κ2) is 7.85. The number of benzene rings is 2. The Bertz CT molecular complexity index is 801. The minimum Gasteiger partial charge on any atom is -0.497 e. The molecular weight excluding hydrogens is 334 g/mol. The van der Waals surface area contributed by atoms with Crippen LogP contribution in [0.4, 0.5) is 0 Å². The molecule has 1 aliphatic heterocycles. The van der Waals surface area contributed by atoms with Crippen molar-refractivity contribution >= 4 is 5.78 Å². The number of fused-ring (bicyclic) bond motifs is 1. The Kier molecular flexibility index (Phi) is 5.31. The van der Waals surface area contributed by atoms with Crippen LogP contribution in [0.15, 0.2) is 48.5 Å². The van der Waals surface area contributed by atoms with Gasteiger partial charge in [0.15, 0.2) is 5.78 Å². The summed E-state index contributed by atoms with van der Waals surface area (Å²) in [7, 11) is 1.68. The molecule has 0 amide bonds. The van der Waals surface area contributed by atoms with Crippen molar-refractivity contribution in [3.63, 3.8) is 0 Å². The molecule has 2 aromatic rings. The predicted octanol–water partition coefficient (Wildman–Crippen LogP) is 4.68. The van der Waals surface area contributed by atoms with E-state index in [1.807, 2.05) is 18.2 Å². The fourth-order valence-electron chi connectivity index (χ4n) is 4.91. The number of Topliss-reactive ketones (excluding diaryl/α,β-unsaturated/α-hetero) is 1. The van der Waals surface area contributed by atoms with Crippen LogP contribution in [0.3, 0.4) is 0 Å². The molecule has 2 aliphatic rings. The third-order valence-corrected chi connectivity index (χ3v) is 6.40. The van der Waals surface area contributed by atoms with Gasteiger partial charge in [-0.15, -0.1) is 0 Å². The van der Waals surface area contributed by atoms with Gasteiger partial charge in [0, 0.05) is 5.56 Å². The molecular formula is C24H29NO2. The van der Waals surface area contributed by atoms with Crippen LogP contribution in [0.5, 0.6) is 5.75 Å². The summed E-state index contributed by atoms with van der Waals surface area (Å²) in [5.74, 6) is 1.19. The zero-order chi connectivity index (χ0) is 18.7. The van der Waals surface area contributed by atoms with E-state index >= 15 is 0 Å². The molecule has 1 aliphatic carbocycles. The highest BCUT2D eigenvalue weighted by Gasteiger charge is 2.47. The fourth-order valence-corrected chi connectivity index (χ4v) is 4.91. The summed E-state index contributed by atoms with van der Waals surface area (Å²) >= 11 is 0. The van der Waals surface area contributed by atoms with E-state index in [0.717, 1.165) is 68.5 Å². The lowest BCUT2D eigenvalue weighted by Gasteiger charge is -2.48. The van der Waals surface area contributed by atoms with E-state index in [0.29, 0.717) is 5.78 Å². The van der Waals surface area contributed by atoms with Crippen LogP contribution in [-0.2, 0) is 12.8 Å². The van der Waals surface area contributed by atoms with E-state index in [4.69, 9.17) is 4.74 Å². The predicted molar refractivity (Wildman–Crippen MR) is 109 cm³/mol. The third kappa shape index (κ3) is 3.53. The van der Waals surface area contributed by atoms with Crippen molar-refractivity contribution < 1.29 is 9.53 Å². The number of rotatable bonds is 5. The molecule has 1 unspecified atom stereocenters. The number of carbonyl (C=O) groups is 1. The molecule has 27 heavy (non-hydrogen) atoms. The highest BCUT2D eigenvalue weighted by Crippen LogP contribution is 2.40. The fraction of sp³-hybridized carbons (Fsp3) is 0.458. The van der Waals surface area contributed by atoms with E-state index in [2.05, 4.69) is 35.2 Å². The first-order valence-corrected chi connectivity index (χ1v) is 10.2. The summed E-state index contributed by atoms with van der Waals surface area (Å²) in [5, 5.41) is 0. The van der Waals surface area contributed by atoms with Gasteiger partial charge in [-0.1, -0.05) is 30.3 Å². The second-order valence-corrected chi connectivity index (χ2v) is 7.92. The minimum absolute atomic E-state index is 0.281. The van der Waals surface area contributed by atoms with Crippen LogP contribution < -0.4 is 4.74 Å². The second-order valence-electron chi connectivity index (χ2n) is 7.92. The summed E-state index contributed by atoms with van der Waals surface area (Å²) in [4.78, 5) is 16.1. The average Bonchev–Trinajstić information content (AvgIpc) is 2.72. The van der Waals surface area contributed by atoms with Gasteiger partial charge in [0.05, 0.1) is 12.6 Å². The number of nitrogens with zero attached hydrogens (tertiary/aromatic N) is 1. The molecule has 1 fully saturated rings. The number of aryl methyl sites for hydroxylation is 2. The normalized spacial score (nSPS) is 22.6. The smallest absolute Gasteiger partial charge is 0.183 e. The Morgan fingerprint density at radius 1 is 1.07 bits per heavy atom. The monoisotopic (exact) mass is 363 g/mol. The molecule has 0 bridgehead atoms. The lowest BCUT2D eigenvalue weighted by Crippen LogP contribution is -2.59. The van der Waals surface area contributed by atoms with Crippen molar-refractivity contribution in [2.45, 2.75) is 50.5 Å². The van der Waals surface area contributed by atoms with Crippen LogP contribution in [0.2, 0.25) is 0 Å². The third-order valence-electron chi connectivity index (χ3n) is 6.40. The van der Waals surface area contributed by atoms with Gasteiger partial charge in [-0.3, -0.25) is 9.69 Å². The number of hydrogen-bond acceptors (Lipinski definition) is 3. The van der Waals surface area contributed by atoms with Crippen molar-refractivity contribution in [2.75, 3.05) is 20.2 Å². The van der Waals surface area contributed by atoms with Crippen molar-refractivity contribution in [3.05, 3.63) is 65.2 Å². The molecule has 2 aromatic carbocycles. The topological polar surface area (TPSA) is 29.5 Å². The molecule has 4 rings (SSSR count). The zero-order valence-electron chi connectivity index (χ0n) is 16.2. The van der Waals surface area contributed by atoms with E-state index in [1.165, 1.54) is 12.0 Å². The Morgan fingerprint density at radius 2 is 1.93 bits per heavy atom. The van der Waals surface area contributed by atoms with Gasteiger partial charge < -0.3 is 4.74 Å². The Labute approximate surface area is 162 Å². The SMILES string of the molecule is COc1ccc2c(c1)CCC1(CCCCN1CCCc1ccccc1)C2=O. The number of carbonyl (C=O) groups excluding carboxylic acids is 1. The Hall–Kier alpha value is -2.13. The van der Waals surface area contributed by atoms with E-state index < -0.39 is 0 Å². The maximum atomic E-state index is 13.6. The molecule has 0 saturated carbocycles. The Balaban J connectivity index is 1.51. The van der Waals surface area contributed by atoms with E-state index in [1.54, 1.807) is 7.11 Å².